The third-order valence-electron chi connectivity index (χ3n) is 4.88. The van der Waals surface area contributed by atoms with Crippen LogP contribution >= 0.6 is 0 Å². The van der Waals surface area contributed by atoms with Crippen LogP contribution in [0.2, 0.25) is 0 Å². The van der Waals surface area contributed by atoms with Crippen molar-refractivity contribution in [2.75, 3.05) is 24.6 Å². The normalized spacial score (nSPS) is 10.5. The van der Waals surface area contributed by atoms with Crippen molar-refractivity contribution < 1.29 is 14.3 Å². The molecule has 0 heterocycles. The van der Waals surface area contributed by atoms with E-state index in [1.807, 2.05) is 24.3 Å². The number of hydrogen-bond donors (Lipinski definition) is 0. The number of hydrogen-bond acceptors (Lipinski definition) is 4. The smallest absolute Gasteiger partial charge is 0.338 e. The highest BCUT2D eigenvalue weighted by molar-refractivity contribution is 6.16. The molecule has 0 radical (unpaired) electrons. The summed E-state index contributed by atoms with van der Waals surface area (Å²) in [6, 6.07) is 14.5. The van der Waals surface area contributed by atoms with Crippen molar-refractivity contribution in [1.82, 2.24) is 0 Å². The van der Waals surface area contributed by atoms with E-state index in [0.29, 0.717) is 23.3 Å². The highest BCUT2D eigenvalue weighted by Gasteiger charge is 2.22. The van der Waals surface area contributed by atoms with Gasteiger partial charge in [0.15, 0.2) is 5.78 Å². The predicted molar refractivity (Wildman–Crippen MR) is 114 cm³/mol. The van der Waals surface area contributed by atoms with Gasteiger partial charge in [0, 0.05) is 29.9 Å². The molecule has 0 saturated heterocycles. The number of esters is 1. The fourth-order valence-corrected chi connectivity index (χ4v) is 3.28. The van der Waals surface area contributed by atoms with Gasteiger partial charge >= 0.3 is 5.97 Å². The summed E-state index contributed by atoms with van der Waals surface area (Å²) in [6.07, 6.45) is 4.16. The van der Waals surface area contributed by atoms with Crippen LogP contribution in [0, 0.1) is 0 Å². The molecule has 2 rings (SSSR count). The molecule has 0 spiro atoms. The van der Waals surface area contributed by atoms with E-state index in [4.69, 9.17) is 4.74 Å². The third-order valence-corrected chi connectivity index (χ3v) is 4.88. The highest BCUT2D eigenvalue weighted by atomic mass is 16.5. The van der Waals surface area contributed by atoms with Crippen LogP contribution in [0.25, 0.3) is 0 Å². The first-order valence-corrected chi connectivity index (χ1v) is 10.3. The van der Waals surface area contributed by atoms with Crippen LogP contribution in [0.5, 0.6) is 0 Å². The Bertz CT molecular complexity index is 781. The fraction of sp³-hybridized carbons (Fsp3) is 0.417. The molecule has 0 amide bonds. The lowest BCUT2D eigenvalue weighted by Gasteiger charge is -2.23. The van der Waals surface area contributed by atoms with Crippen molar-refractivity contribution in [3.63, 3.8) is 0 Å². The van der Waals surface area contributed by atoms with Gasteiger partial charge in [-0.15, -0.1) is 0 Å². The number of unbranched alkanes of at least 4 members (excludes halogenated alkanes) is 3. The van der Waals surface area contributed by atoms with Crippen LogP contribution in [0.3, 0.4) is 0 Å². The van der Waals surface area contributed by atoms with Gasteiger partial charge in [-0.05, 0) is 38.5 Å². The molecule has 0 atom stereocenters. The topological polar surface area (TPSA) is 46.6 Å². The molecule has 2 aromatic carbocycles. The van der Waals surface area contributed by atoms with Gasteiger partial charge in [0.25, 0.3) is 0 Å². The second-order valence-electron chi connectivity index (χ2n) is 6.76. The Balaban J connectivity index is 2.25. The molecule has 150 valence electrons. The molecule has 28 heavy (non-hydrogen) atoms. The molecule has 2 aromatic rings. The number of anilines is 1. The average molecular weight is 382 g/mol. The lowest BCUT2D eigenvalue weighted by molar-refractivity contribution is 0.0495. The molecule has 0 bridgehead atoms. The van der Waals surface area contributed by atoms with Gasteiger partial charge in [0.2, 0.25) is 0 Å². The first kappa shape index (κ1) is 21.7. The predicted octanol–water partition coefficient (Wildman–Crippen LogP) is 5.50. The van der Waals surface area contributed by atoms with Crippen molar-refractivity contribution >= 4 is 17.4 Å². The lowest BCUT2D eigenvalue weighted by atomic mass is 9.96. The minimum absolute atomic E-state index is 0.152. The highest BCUT2D eigenvalue weighted by Crippen LogP contribution is 2.25. The fourth-order valence-electron chi connectivity index (χ4n) is 3.28. The van der Waals surface area contributed by atoms with E-state index in [9.17, 15) is 9.59 Å². The summed E-state index contributed by atoms with van der Waals surface area (Å²) in [5.41, 5.74) is 2.22. The molecule has 0 fully saturated rings. The summed E-state index contributed by atoms with van der Waals surface area (Å²) >= 11 is 0. The molecular formula is C24H31NO3. The Morgan fingerprint density at radius 2 is 1.39 bits per heavy atom. The van der Waals surface area contributed by atoms with Crippen molar-refractivity contribution in [2.45, 2.75) is 46.5 Å². The second-order valence-corrected chi connectivity index (χ2v) is 6.76. The minimum Gasteiger partial charge on any atom is -0.462 e. The molecule has 0 saturated carbocycles. The van der Waals surface area contributed by atoms with E-state index in [1.165, 1.54) is 0 Å². The van der Waals surface area contributed by atoms with E-state index in [1.54, 1.807) is 24.3 Å². The summed E-state index contributed by atoms with van der Waals surface area (Å²) < 4.78 is 5.42. The van der Waals surface area contributed by atoms with E-state index in [-0.39, 0.29) is 5.78 Å². The number of para-hydroxylation sites is 1. The van der Waals surface area contributed by atoms with E-state index in [2.05, 4.69) is 25.7 Å². The first-order valence-electron chi connectivity index (χ1n) is 10.3. The van der Waals surface area contributed by atoms with Crippen molar-refractivity contribution in [1.29, 1.82) is 0 Å². The first-order chi connectivity index (χ1) is 13.6. The Labute approximate surface area is 168 Å². The van der Waals surface area contributed by atoms with Crippen LogP contribution in [0.1, 0.15) is 72.7 Å². The number of carbonyl (C=O) groups excluding carboxylic acids is 2. The van der Waals surface area contributed by atoms with E-state index in [0.717, 1.165) is 44.5 Å². The Morgan fingerprint density at radius 1 is 0.786 bits per heavy atom. The van der Waals surface area contributed by atoms with Gasteiger partial charge in [-0.3, -0.25) is 4.79 Å². The average Bonchev–Trinajstić information content (AvgIpc) is 2.74. The third kappa shape index (κ3) is 5.44. The number of carbonyl (C=O) groups is 2. The van der Waals surface area contributed by atoms with Crippen LogP contribution in [-0.2, 0) is 4.74 Å². The van der Waals surface area contributed by atoms with Gasteiger partial charge in [-0.2, -0.15) is 0 Å². The van der Waals surface area contributed by atoms with E-state index < -0.39 is 5.97 Å². The molecule has 0 unspecified atom stereocenters. The van der Waals surface area contributed by atoms with E-state index >= 15 is 0 Å². The standard InChI is InChI=1S/C24H31NO3/c1-4-7-8-13-18-28-24(27)20-15-10-9-14-19(20)23(26)21-16-11-12-17-22(21)25(5-2)6-3/h9-12,14-17H,4-8,13,18H2,1-3H3. The largest absolute Gasteiger partial charge is 0.462 e. The summed E-state index contributed by atoms with van der Waals surface area (Å²) in [5.74, 6) is -0.582. The van der Waals surface area contributed by atoms with Crippen molar-refractivity contribution in [3.8, 4) is 0 Å². The summed E-state index contributed by atoms with van der Waals surface area (Å²) in [6.45, 7) is 8.27. The Kier molecular flexibility index (Phi) is 8.73. The van der Waals surface area contributed by atoms with Crippen LogP contribution in [-0.4, -0.2) is 31.4 Å². The zero-order valence-electron chi connectivity index (χ0n) is 17.2. The quantitative estimate of drug-likeness (QED) is 0.293. The monoisotopic (exact) mass is 381 g/mol. The zero-order valence-corrected chi connectivity index (χ0v) is 17.2. The Morgan fingerprint density at radius 3 is 2.04 bits per heavy atom. The van der Waals surface area contributed by atoms with Crippen molar-refractivity contribution in [2.24, 2.45) is 0 Å². The SMILES string of the molecule is CCCCCCOC(=O)c1ccccc1C(=O)c1ccccc1N(CC)CC. The summed E-state index contributed by atoms with van der Waals surface area (Å²) in [4.78, 5) is 28.0. The van der Waals surface area contributed by atoms with Crippen LogP contribution in [0.15, 0.2) is 48.5 Å². The second kappa shape index (κ2) is 11.3. The number of rotatable bonds is 11. The number of benzene rings is 2. The summed E-state index contributed by atoms with van der Waals surface area (Å²) in [5, 5.41) is 0. The van der Waals surface area contributed by atoms with Gasteiger partial charge < -0.3 is 9.64 Å². The number of nitrogens with zero attached hydrogens (tertiary/aromatic N) is 1. The van der Waals surface area contributed by atoms with Gasteiger partial charge in [-0.25, -0.2) is 4.79 Å². The minimum atomic E-state index is -0.430. The number of ketones is 1. The van der Waals surface area contributed by atoms with Crippen LogP contribution in [0.4, 0.5) is 5.69 Å². The maximum Gasteiger partial charge on any atom is 0.338 e. The molecule has 0 aliphatic carbocycles. The molecule has 0 N–H and O–H groups in total. The van der Waals surface area contributed by atoms with Gasteiger partial charge in [0.05, 0.1) is 12.2 Å². The molecular weight excluding hydrogens is 350 g/mol. The molecule has 0 aliphatic rings. The zero-order chi connectivity index (χ0) is 20.4. The molecule has 0 aromatic heterocycles. The molecule has 0 aliphatic heterocycles. The van der Waals surface area contributed by atoms with Gasteiger partial charge in [-0.1, -0.05) is 56.5 Å². The van der Waals surface area contributed by atoms with Crippen molar-refractivity contribution in [3.05, 3.63) is 65.2 Å². The number of ether oxygens (including phenoxy) is 1. The van der Waals surface area contributed by atoms with Crippen LogP contribution < -0.4 is 4.90 Å². The molecule has 4 heteroatoms. The molecule has 4 nitrogen and oxygen atoms in total. The maximum absolute atomic E-state index is 13.3. The summed E-state index contributed by atoms with van der Waals surface area (Å²) in [7, 11) is 0. The Hall–Kier alpha value is -2.62. The maximum atomic E-state index is 13.3. The lowest BCUT2D eigenvalue weighted by Crippen LogP contribution is -2.24. The van der Waals surface area contributed by atoms with Gasteiger partial charge in [0.1, 0.15) is 0 Å².